The number of ketones is 1. The monoisotopic (exact) mass is 1030 g/mol. The molecule has 1 radical (unpaired) electrons. The molecule has 6 rings (SSSR count). The molecule has 4 nitrogen and oxygen atoms in total. The molecule has 0 unspecified atom stereocenters. The van der Waals surface area contributed by atoms with Crippen LogP contribution in [0.5, 0.6) is 0 Å². The van der Waals surface area contributed by atoms with E-state index in [-0.39, 0.29) is 55.2 Å². The van der Waals surface area contributed by atoms with E-state index in [2.05, 4.69) is 143 Å². The Hall–Kier alpha value is -4.01. The van der Waals surface area contributed by atoms with Gasteiger partial charge in [-0.1, -0.05) is 148 Å². The van der Waals surface area contributed by atoms with Gasteiger partial charge in [0.2, 0.25) is 0 Å². The van der Waals surface area contributed by atoms with Gasteiger partial charge < -0.3 is 15.1 Å². The number of benzene rings is 4. The third kappa shape index (κ3) is 13.5. The zero-order valence-corrected chi connectivity index (χ0v) is 43.9. The molecule has 0 fully saturated rings. The van der Waals surface area contributed by atoms with Crippen LogP contribution in [0.1, 0.15) is 85.3 Å². The van der Waals surface area contributed by atoms with Crippen molar-refractivity contribution in [3.05, 3.63) is 131 Å². The van der Waals surface area contributed by atoms with Crippen LogP contribution in [0, 0.1) is 51.2 Å². The van der Waals surface area contributed by atoms with Gasteiger partial charge in [0.05, 0.1) is 18.9 Å². The van der Waals surface area contributed by atoms with Gasteiger partial charge >= 0.3 is 0 Å². The van der Waals surface area contributed by atoms with E-state index in [1.165, 1.54) is 32.8 Å². The van der Waals surface area contributed by atoms with Crippen LogP contribution in [0.15, 0.2) is 97.0 Å². The number of aliphatic hydroxyl groups is 1. The van der Waals surface area contributed by atoms with Gasteiger partial charge in [0.25, 0.3) is 0 Å². The minimum atomic E-state index is -1.48. The van der Waals surface area contributed by atoms with Crippen molar-refractivity contribution in [1.82, 2.24) is 9.97 Å². The summed E-state index contributed by atoms with van der Waals surface area (Å²) in [5, 5.41) is 17.0. The van der Waals surface area contributed by atoms with Crippen LogP contribution in [0.2, 0.25) is 39.3 Å². The maximum Gasteiger partial charge on any atom is 0.162 e. The minimum absolute atomic E-state index is 0. The first-order valence-corrected chi connectivity index (χ1v) is 28.7. The number of carbonyl (C=O) groups is 1. The molecule has 7 heteroatoms. The normalized spacial score (nSPS) is 12.5. The van der Waals surface area contributed by atoms with Crippen molar-refractivity contribution >= 4 is 53.8 Å². The van der Waals surface area contributed by atoms with Crippen LogP contribution < -0.4 is 10.4 Å². The first kappa shape index (κ1) is 48.0. The number of allylic oxidation sites excluding steroid dienone is 2. The van der Waals surface area contributed by atoms with E-state index in [9.17, 15) is 9.90 Å². The number of carbonyl (C=O) groups excluding carboxylic acids is 1. The topological polar surface area (TPSA) is 63.1 Å². The Balaban J connectivity index is 0.000000255. The number of hydrogen-bond acceptors (Lipinski definition) is 4. The fourth-order valence-electron chi connectivity index (χ4n) is 7.37. The summed E-state index contributed by atoms with van der Waals surface area (Å²) in [4.78, 5) is 20.9. The molecule has 0 bridgehead atoms. The minimum Gasteiger partial charge on any atom is -0.512 e. The van der Waals surface area contributed by atoms with Crippen molar-refractivity contribution in [2.45, 2.75) is 127 Å². The molecule has 327 valence electrons. The number of nitrogens with zero attached hydrogens (tertiary/aromatic N) is 2. The average molecular weight is 1030 g/mol. The van der Waals surface area contributed by atoms with Gasteiger partial charge in [-0.25, -0.2) is 0 Å². The molecule has 2 heterocycles. The quantitative estimate of drug-likeness (QED) is 0.0608. The van der Waals surface area contributed by atoms with Gasteiger partial charge in [0.1, 0.15) is 5.76 Å². The maximum atomic E-state index is 11.9. The standard InChI is InChI=1S/2C20H22NSi.C14H26O2.Ir/c2*1-14-10-15(2)12-17(11-14)20-19-7-6-18(22(3,4)5)13-16(19)8-9-21-20;1-6-11(7-2)12(15)10-13(16)14(5,8-3)9-4;/h2*6-11,13H,1-5H3;10-11,16H,6-9H2,1-5H3;/q2*-1;;/b;;13-10-;/i8D,9D;;;. The van der Waals surface area contributed by atoms with E-state index in [4.69, 9.17) is 2.74 Å². The van der Waals surface area contributed by atoms with E-state index in [0.29, 0.717) is 0 Å². The van der Waals surface area contributed by atoms with Crippen molar-refractivity contribution in [2.24, 2.45) is 11.3 Å². The number of aryl methyl sites for hydroxylation is 4. The van der Waals surface area contributed by atoms with Gasteiger partial charge in [0.15, 0.2) is 5.78 Å². The molecular formula is C54H70IrN2O2Si2-2. The molecule has 2 aromatic heterocycles. The predicted molar refractivity (Wildman–Crippen MR) is 265 cm³/mol. The molecule has 61 heavy (non-hydrogen) atoms. The van der Waals surface area contributed by atoms with E-state index in [1.54, 1.807) is 0 Å². The third-order valence-corrected chi connectivity index (χ3v) is 15.9. The SMILES string of the molecule is CCC(CC)C(=O)/C=C(\O)C(C)(CC)CC.Cc1[c-]c(-c2nccc3cc([Si](C)(C)C)ccc23)cc(C)c1.[2H]c1nc(-c2[c-]c(C)cc(C)c2)c2ccc([Si](C)(C)C)cc2c1[2H].[Ir]. The molecule has 0 spiro atoms. The molecule has 0 aliphatic heterocycles. The Morgan fingerprint density at radius 1 is 0.721 bits per heavy atom. The Morgan fingerprint density at radius 2 is 1.18 bits per heavy atom. The fraction of sp³-hybridized carbons (Fsp3) is 0.389. The van der Waals surface area contributed by atoms with Crippen LogP contribution in [0.25, 0.3) is 44.1 Å². The van der Waals surface area contributed by atoms with E-state index in [0.717, 1.165) is 75.7 Å². The number of hydrogen-bond donors (Lipinski definition) is 1. The molecule has 6 aromatic rings. The van der Waals surface area contributed by atoms with Crippen LogP contribution in [-0.2, 0) is 24.9 Å². The van der Waals surface area contributed by atoms with Crippen molar-refractivity contribution in [1.29, 1.82) is 0 Å². The third-order valence-electron chi connectivity index (χ3n) is 11.8. The molecule has 0 saturated carbocycles. The summed E-state index contributed by atoms with van der Waals surface area (Å²) in [5.41, 5.74) is 8.14. The fourth-order valence-corrected chi connectivity index (χ4v) is 9.70. The van der Waals surface area contributed by atoms with E-state index in [1.807, 2.05) is 53.8 Å². The predicted octanol–water partition coefficient (Wildman–Crippen LogP) is 14.0. The summed E-state index contributed by atoms with van der Waals surface area (Å²) < 4.78 is 16.4. The summed E-state index contributed by atoms with van der Waals surface area (Å²) in [7, 11) is -2.77. The maximum absolute atomic E-state index is 11.9. The van der Waals surface area contributed by atoms with Crippen molar-refractivity contribution in [3.63, 3.8) is 0 Å². The average Bonchev–Trinajstić information content (AvgIpc) is 3.20. The first-order valence-electron chi connectivity index (χ1n) is 22.7. The molecule has 0 atom stereocenters. The number of aromatic nitrogens is 2. The molecule has 0 aliphatic rings. The second kappa shape index (κ2) is 21.9. The molecule has 0 amide bonds. The Morgan fingerprint density at radius 3 is 1.62 bits per heavy atom. The summed E-state index contributed by atoms with van der Waals surface area (Å²) in [6, 6.07) is 30.7. The van der Waals surface area contributed by atoms with Crippen molar-refractivity contribution in [3.8, 4) is 22.5 Å². The van der Waals surface area contributed by atoms with Crippen LogP contribution in [-0.4, -0.2) is 37.0 Å². The molecule has 4 aromatic carbocycles. The van der Waals surface area contributed by atoms with Crippen molar-refractivity contribution < 1.29 is 32.7 Å². The number of pyridine rings is 2. The number of fused-ring (bicyclic) bond motifs is 2. The van der Waals surface area contributed by atoms with E-state index >= 15 is 0 Å². The summed E-state index contributed by atoms with van der Waals surface area (Å²) in [6.45, 7) is 32.4. The summed E-state index contributed by atoms with van der Waals surface area (Å²) in [6.07, 6.45) is 6.77. The summed E-state index contributed by atoms with van der Waals surface area (Å²) >= 11 is 0. The Kier molecular flexibility index (Phi) is 17.2. The summed E-state index contributed by atoms with van der Waals surface area (Å²) in [5.74, 6) is 0.366. The Bertz CT molecular complexity index is 2530. The second-order valence-corrected chi connectivity index (χ2v) is 28.9. The zero-order valence-electron chi connectivity index (χ0n) is 41.5. The van der Waals surface area contributed by atoms with Gasteiger partial charge in [0, 0.05) is 49.9 Å². The van der Waals surface area contributed by atoms with Gasteiger partial charge in [-0.2, -0.15) is 0 Å². The second-order valence-electron chi connectivity index (χ2n) is 18.8. The zero-order chi connectivity index (χ0) is 46.3. The van der Waals surface area contributed by atoms with E-state index < -0.39 is 16.1 Å². The smallest absolute Gasteiger partial charge is 0.162 e. The number of aliphatic hydroxyl groups excluding tert-OH is 1. The Labute approximate surface area is 386 Å². The largest absolute Gasteiger partial charge is 0.512 e. The van der Waals surface area contributed by atoms with Crippen molar-refractivity contribution in [2.75, 3.05) is 0 Å². The van der Waals surface area contributed by atoms with Crippen LogP contribution >= 0.6 is 0 Å². The molecular weight excluding hydrogens is 957 g/mol. The van der Waals surface area contributed by atoms with Gasteiger partial charge in [-0.05, 0) is 70.7 Å². The van der Waals surface area contributed by atoms with Crippen LogP contribution in [0.4, 0.5) is 0 Å². The molecule has 0 aliphatic carbocycles. The van der Waals surface area contributed by atoms with Gasteiger partial charge in [-0.15, -0.1) is 69.8 Å². The number of rotatable bonds is 11. The van der Waals surface area contributed by atoms with Gasteiger partial charge in [-0.3, -0.25) is 4.79 Å². The van der Waals surface area contributed by atoms with Crippen LogP contribution in [0.3, 0.4) is 0 Å². The molecule has 0 saturated heterocycles. The molecule has 1 N–H and O–H groups in total. The first-order chi connectivity index (χ1) is 29.0.